The van der Waals surface area contributed by atoms with Crippen molar-refractivity contribution in [3.05, 3.63) is 51.9 Å². The third-order valence-electron chi connectivity index (χ3n) is 5.28. The van der Waals surface area contributed by atoms with E-state index in [2.05, 4.69) is 4.98 Å². The van der Waals surface area contributed by atoms with Gasteiger partial charge in [0.05, 0.1) is 36.2 Å². The second-order valence-corrected chi connectivity index (χ2v) is 7.74. The first-order valence-electron chi connectivity index (χ1n) is 9.91. The number of carbonyl (C=O) groups excluding carboxylic acids is 2. The van der Waals surface area contributed by atoms with Gasteiger partial charge in [-0.1, -0.05) is 13.8 Å². The molecule has 0 atom stereocenters. The molecule has 4 rings (SSSR count). The standard InChI is InChI=1S/C23H22N2O6/c1-12(2)7-8-25-21(26)14-6-5-13(9-15(14)22(25)27)20-24-17-11-19(30-4)18(29-3)10-16(17)23(28)31-20/h5-6,9-12H,7-8H2,1-4H3. The van der Waals surface area contributed by atoms with Gasteiger partial charge < -0.3 is 13.9 Å². The highest BCUT2D eigenvalue weighted by atomic mass is 16.5. The van der Waals surface area contributed by atoms with Gasteiger partial charge in [-0.05, 0) is 30.5 Å². The molecule has 0 aliphatic carbocycles. The number of nitrogens with zero attached hydrogens (tertiary/aromatic N) is 2. The summed E-state index contributed by atoms with van der Waals surface area (Å²) in [5.41, 5.74) is 0.822. The van der Waals surface area contributed by atoms with Gasteiger partial charge in [-0.2, -0.15) is 0 Å². The summed E-state index contributed by atoms with van der Waals surface area (Å²) in [5.74, 6) is 0.573. The van der Waals surface area contributed by atoms with Crippen LogP contribution < -0.4 is 15.1 Å². The van der Waals surface area contributed by atoms with Crippen molar-refractivity contribution in [2.45, 2.75) is 20.3 Å². The van der Waals surface area contributed by atoms with E-state index in [4.69, 9.17) is 13.9 Å². The minimum absolute atomic E-state index is 0.0494. The molecule has 2 aromatic carbocycles. The smallest absolute Gasteiger partial charge is 0.347 e. The quantitative estimate of drug-likeness (QED) is 0.561. The van der Waals surface area contributed by atoms with Crippen LogP contribution >= 0.6 is 0 Å². The average molecular weight is 422 g/mol. The number of aromatic nitrogens is 1. The van der Waals surface area contributed by atoms with E-state index in [0.717, 1.165) is 6.42 Å². The van der Waals surface area contributed by atoms with Crippen molar-refractivity contribution in [2.24, 2.45) is 5.92 Å². The number of methoxy groups -OCH3 is 2. The van der Waals surface area contributed by atoms with Gasteiger partial charge in [-0.15, -0.1) is 0 Å². The van der Waals surface area contributed by atoms with Gasteiger partial charge in [-0.3, -0.25) is 14.5 Å². The van der Waals surface area contributed by atoms with Crippen molar-refractivity contribution in [1.82, 2.24) is 9.88 Å². The first kappa shape index (κ1) is 20.6. The summed E-state index contributed by atoms with van der Waals surface area (Å²) in [5, 5.41) is 0.244. The first-order valence-corrected chi connectivity index (χ1v) is 9.91. The molecule has 8 nitrogen and oxygen atoms in total. The molecule has 160 valence electrons. The normalized spacial score (nSPS) is 13.3. The lowest BCUT2D eigenvalue weighted by Crippen LogP contribution is -2.31. The highest BCUT2D eigenvalue weighted by Crippen LogP contribution is 2.32. The molecule has 0 unspecified atom stereocenters. The summed E-state index contributed by atoms with van der Waals surface area (Å²) in [6, 6.07) is 7.83. The molecule has 1 aliphatic rings. The van der Waals surface area contributed by atoms with E-state index in [1.807, 2.05) is 13.8 Å². The minimum atomic E-state index is -0.595. The number of hydrogen-bond donors (Lipinski definition) is 0. The molecule has 0 spiro atoms. The molecule has 3 aromatic rings. The van der Waals surface area contributed by atoms with Gasteiger partial charge in [0.25, 0.3) is 11.8 Å². The summed E-state index contributed by atoms with van der Waals surface area (Å²) in [6.45, 7) is 4.44. The predicted molar refractivity (Wildman–Crippen MR) is 114 cm³/mol. The van der Waals surface area contributed by atoms with Crippen LogP contribution in [0.2, 0.25) is 0 Å². The van der Waals surface area contributed by atoms with Crippen molar-refractivity contribution >= 4 is 22.7 Å². The zero-order chi connectivity index (χ0) is 22.3. The van der Waals surface area contributed by atoms with Crippen molar-refractivity contribution < 1.29 is 23.5 Å². The lowest BCUT2D eigenvalue weighted by Gasteiger charge is -2.14. The van der Waals surface area contributed by atoms with Crippen LogP contribution in [0.3, 0.4) is 0 Å². The molecule has 31 heavy (non-hydrogen) atoms. The van der Waals surface area contributed by atoms with Crippen molar-refractivity contribution in [2.75, 3.05) is 20.8 Å². The molecule has 2 heterocycles. The van der Waals surface area contributed by atoms with E-state index in [1.54, 1.807) is 24.3 Å². The number of carbonyl (C=O) groups is 2. The van der Waals surface area contributed by atoms with Crippen LogP contribution in [-0.4, -0.2) is 42.5 Å². The molecule has 0 N–H and O–H groups in total. The number of fused-ring (bicyclic) bond motifs is 2. The number of ether oxygens (including phenoxy) is 2. The Balaban J connectivity index is 1.76. The Kier molecular flexibility index (Phi) is 5.22. The maximum atomic E-state index is 12.8. The highest BCUT2D eigenvalue weighted by molar-refractivity contribution is 6.21. The molecule has 8 heteroatoms. The summed E-state index contributed by atoms with van der Waals surface area (Å²) in [7, 11) is 2.96. The highest BCUT2D eigenvalue weighted by Gasteiger charge is 2.35. The summed E-state index contributed by atoms with van der Waals surface area (Å²) >= 11 is 0. The molecule has 1 aromatic heterocycles. The Hall–Kier alpha value is -3.68. The van der Waals surface area contributed by atoms with Gasteiger partial charge in [0.1, 0.15) is 0 Å². The number of imide groups is 1. The third-order valence-corrected chi connectivity index (χ3v) is 5.28. The fraction of sp³-hybridized carbons (Fsp3) is 0.304. The van der Waals surface area contributed by atoms with Crippen LogP contribution in [0.15, 0.2) is 39.5 Å². The number of benzene rings is 2. The minimum Gasteiger partial charge on any atom is -0.493 e. The monoisotopic (exact) mass is 422 g/mol. The fourth-order valence-electron chi connectivity index (χ4n) is 3.54. The number of amides is 2. The molecule has 0 bridgehead atoms. The molecule has 0 saturated heterocycles. The van der Waals surface area contributed by atoms with Crippen LogP contribution in [-0.2, 0) is 0 Å². The second kappa shape index (κ2) is 7.86. The molecule has 0 fully saturated rings. The van der Waals surface area contributed by atoms with Gasteiger partial charge in [-0.25, -0.2) is 9.78 Å². The van der Waals surface area contributed by atoms with Gasteiger partial charge >= 0.3 is 5.63 Å². The van der Waals surface area contributed by atoms with Crippen LogP contribution in [0.4, 0.5) is 0 Å². The van der Waals surface area contributed by atoms with Crippen molar-refractivity contribution in [3.8, 4) is 23.0 Å². The molecular formula is C23H22N2O6. The zero-order valence-electron chi connectivity index (χ0n) is 17.7. The third kappa shape index (κ3) is 3.54. The Morgan fingerprint density at radius 2 is 1.65 bits per heavy atom. The van der Waals surface area contributed by atoms with Gasteiger partial charge in [0.15, 0.2) is 11.5 Å². The van der Waals surface area contributed by atoms with Crippen LogP contribution in [0, 0.1) is 5.92 Å². The molecule has 1 aliphatic heterocycles. The average Bonchev–Trinajstić information content (AvgIpc) is 3.00. The SMILES string of the molecule is COc1cc2nc(-c3ccc4c(c3)C(=O)N(CCC(C)C)C4=O)oc(=O)c2cc1OC. The summed E-state index contributed by atoms with van der Waals surface area (Å²) < 4.78 is 15.9. The van der Waals surface area contributed by atoms with Crippen molar-refractivity contribution in [3.63, 3.8) is 0 Å². The van der Waals surface area contributed by atoms with Crippen LogP contribution in [0.25, 0.3) is 22.4 Å². The van der Waals surface area contributed by atoms with E-state index in [1.165, 1.54) is 25.2 Å². The Labute approximate surface area is 178 Å². The van der Waals surface area contributed by atoms with E-state index < -0.39 is 5.63 Å². The van der Waals surface area contributed by atoms with E-state index in [0.29, 0.717) is 40.6 Å². The Morgan fingerprint density at radius 1 is 0.968 bits per heavy atom. The van der Waals surface area contributed by atoms with E-state index >= 15 is 0 Å². The van der Waals surface area contributed by atoms with Crippen LogP contribution in [0.5, 0.6) is 11.5 Å². The van der Waals surface area contributed by atoms with E-state index in [-0.39, 0.29) is 28.7 Å². The summed E-state index contributed by atoms with van der Waals surface area (Å²) in [6.07, 6.45) is 0.727. The number of hydrogen-bond acceptors (Lipinski definition) is 7. The maximum absolute atomic E-state index is 12.8. The molecule has 2 amide bonds. The second-order valence-electron chi connectivity index (χ2n) is 7.74. The van der Waals surface area contributed by atoms with Crippen molar-refractivity contribution in [1.29, 1.82) is 0 Å². The van der Waals surface area contributed by atoms with E-state index in [9.17, 15) is 14.4 Å². The zero-order valence-corrected chi connectivity index (χ0v) is 17.7. The van der Waals surface area contributed by atoms with Crippen LogP contribution in [0.1, 0.15) is 41.0 Å². The fourth-order valence-corrected chi connectivity index (χ4v) is 3.54. The largest absolute Gasteiger partial charge is 0.493 e. The number of rotatable bonds is 6. The maximum Gasteiger partial charge on any atom is 0.347 e. The summed E-state index contributed by atoms with van der Waals surface area (Å²) in [4.78, 5) is 43.7. The molecule has 0 saturated carbocycles. The van der Waals surface area contributed by atoms with Gasteiger partial charge in [0.2, 0.25) is 5.89 Å². The van der Waals surface area contributed by atoms with Gasteiger partial charge in [0, 0.05) is 24.2 Å². The Morgan fingerprint density at radius 3 is 2.32 bits per heavy atom. The first-order chi connectivity index (χ1) is 14.8. The molecule has 0 radical (unpaired) electrons. The molecular weight excluding hydrogens is 400 g/mol. The lowest BCUT2D eigenvalue weighted by molar-refractivity contribution is 0.0648. The predicted octanol–water partition coefficient (Wildman–Crippen LogP) is 3.51. The lowest BCUT2D eigenvalue weighted by atomic mass is 10.1. The topological polar surface area (TPSA) is 98.9 Å². The Bertz CT molecular complexity index is 1260.